The largest absolute Gasteiger partial charge is 0.494 e. The SMILES string of the molecule is COC(=O)c1c(N(c2ccc(OC)c(F)c2)C2CC2)[nH]c2cc(C#N)ccc12.COc1cc2c(=O)c3c4ccc(C#N)cc4[nH]c3n(C3CC3)c2cc1F. The van der Waals surface area contributed by atoms with E-state index in [9.17, 15) is 23.6 Å². The lowest BCUT2D eigenvalue weighted by Crippen LogP contribution is -2.22. The Morgan fingerprint density at radius 2 is 1.44 bits per heavy atom. The highest BCUT2D eigenvalue weighted by Gasteiger charge is 2.35. The minimum absolute atomic E-state index is 0.0582. The van der Waals surface area contributed by atoms with Gasteiger partial charge in [0, 0.05) is 51.7 Å². The fraction of sp³-hybridized carbons (Fsp3) is 0.220. The lowest BCUT2D eigenvalue weighted by molar-refractivity contribution is 0.0604. The maximum absolute atomic E-state index is 14.3. The van der Waals surface area contributed by atoms with Gasteiger partial charge in [0.05, 0.1) is 60.9 Å². The monoisotopic (exact) mass is 726 g/mol. The predicted octanol–water partition coefficient (Wildman–Crippen LogP) is 8.26. The molecule has 0 amide bonds. The third-order valence-electron chi connectivity index (χ3n) is 9.93. The molecule has 2 fully saturated rings. The number of nitriles is 2. The summed E-state index contributed by atoms with van der Waals surface area (Å²) in [6.45, 7) is 0. The van der Waals surface area contributed by atoms with Gasteiger partial charge in [-0.25, -0.2) is 13.6 Å². The Morgan fingerprint density at radius 3 is 2.04 bits per heavy atom. The van der Waals surface area contributed by atoms with Crippen LogP contribution in [0.5, 0.6) is 11.5 Å². The second-order valence-corrected chi connectivity index (χ2v) is 13.3. The van der Waals surface area contributed by atoms with Gasteiger partial charge in [0.1, 0.15) is 17.0 Å². The van der Waals surface area contributed by atoms with Crippen molar-refractivity contribution < 1.29 is 27.8 Å². The van der Waals surface area contributed by atoms with Crippen LogP contribution in [0.1, 0.15) is 53.2 Å². The summed E-state index contributed by atoms with van der Waals surface area (Å²) >= 11 is 0. The molecule has 0 unspecified atom stereocenters. The van der Waals surface area contributed by atoms with E-state index in [4.69, 9.17) is 19.5 Å². The van der Waals surface area contributed by atoms with Crippen LogP contribution in [0.15, 0.2) is 71.5 Å². The van der Waals surface area contributed by atoms with Crippen molar-refractivity contribution in [3.63, 3.8) is 0 Å². The number of esters is 1. The van der Waals surface area contributed by atoms with Crippen LogP contribution in [0, 0.1) is 34.3 Å². The first-order chi connectivity index (χ1) is 26.2. The molecule has 9 rings (SSSR count). The Bertz CT molecular complexity index is 2820. The molecular formula is C41H32F2N6O5. The standard InChI is InChI=1S/C21H18FN3O3.C20H14FN3O2/c1-27-18-8-6-14(10-16(18)22)25(13-4-5-13)20-19(21(26)28-2)15-7-3-12(11-23)9-17(15)24-20;1-26-17-7-13-16(8-14(17)21)24(11-3-4-11)20-18(19(13)25)12-5-2-10(9-22)6-15(12)23-20/h3,6-10,13,24H,4-5H2,1-2H3;2,5-8,11,23H,3-4H2,1H3. The van der Waals surface area contributed by atoms with Gasteiger partial charge >= 0.3 is 5.97 Å². The molecule has 11 nitrogen and oxygen atoms in total. The van der Waals surface area contributed by atoms with Crippen molar-refractivity contribution in [2.24, 2.45) is 0 Å². The summed E-state index contributed by atoms with van der Waals surface area (Å²) in [5.41, 5.74) is 4.43. The predicted molar refractivity (Wildman–Crippen MR) is 200 cm³/mol. The Balaban J connectivity index is 0.000000153. The van der Waals surface area contributed by atoms with E-state index in [1.807, 2.05) is 9.47 Å². The summed E-state index contributed by atoms with van der Waals surface area (Å²) in [6, 6.07) is 22.4. The first kappa shape index (κ1) is 34.2. The number of carbonyl (C=O) groups excluding carboxylic acids is 1. The molecule has 0 atom stereocenters. The molecule has 13 heteroatoms. The summed E-state index contributed by atoms with van der Waals surface area (Å²) in [5.74, 6) is -0.718. The number of nitrogens with one attached hydrogen (secondary N) is 2. The number of anilines is 2. The van der Waals surface area contributed by atoms with Gasteiger partial charge in [-0.3, -0.25) is 4.79 Å². The van der Waals surface area contributed by atoms with Gasteiger partial charge < -0.3 is 33.6 Å². The van der Waals surface area contributed by atoms with Crippen LogP contribution in [-0.2, 0) is 4.74 Å². The van der Waals surface area contributed by atoms with Gasteiger partial charge in [0.25, 0.3) is 0 Å². The van der Waals surface area contributed by atoms with Crippen molar-refractivity contribution in [1.29, 1.82) is 10.5 Å². The Hall–Kier alpha value is -6.86. The highest BCUT2D eigenvalue weighted by molar-refractivity contribution is 6.11. The number of rotatable bonds is 7. The van der Waals surface area contributed by atoms with Crippen LogP contribution in [0.3, 0.4) is 0 Å². The van der Waals surface area contributed by atoms with Gasteiger partial charge in [-0.2, -0.15) is 10.5 Å². The van der Waals surface area contributed by atoms with Crippen LogP contribution in [0.25, 0.3) is 43.7 Å². The van der Waals surface area contributed by atoms with E-state index in [2.05, 4.69) is 22.1 Å². The number of halogens is 2. The van der Waals surface area contributed by atoms with Crippen LogP contribution in [0.4, 0.5) is 20.3 Å². The lowest BCUT2D eigenvalue weighted by atomic mass is 10.1. The minimum Gasteiger partial charge on any atom is -0.494 e. The third kappa shape index (κ3) is 5.71. The van der Waals surface area contributed by atoms with Crippen molar-refractivity contribution in [3.05, 3.63) is 105 Å². The van der Waals surface area contributed by atoms with E-state index in [0.29, 0.717) is 61.0 Å². The number of carbonyl (C=O) groups is 1. The smallest absolute Gasteiger partial charge is 0.342 e. The number of hydrogen-bond donors (Lipinski definition) is 2. The molecule has 270 valence electrons. The van der Waals surface area contributed by atoms with Crippen molar-refractivity contribution in [1.82, 2.24) is 14.5 Å². The zero-order valence-corrected chi connectivity index (χ0v) is 29.4. The summed E-state index contributed by atoms with van der Waals surface area (Å²) in [7, 11) is 4.12. The number of nitrogens with zero attached hydrogens (tertiary/aromatic N) is 4. The highest BCUT2D eigenvalue weighted by Crippen LogP contribution is 2.43. The molecule has 3 heterocycles. The Morgan fingerprint density at radius 1 is 0.796 bits per heavy atom. The molecular weight excluding hydrogens is 694 g/mol. The molecule has 4 aromatic carbocycles. The maximum atomic E-state index is 14.3. The molecule has 2 aliphatic rings. The van der Waals surface area contributed by atoms with Crippen molar-refractivity contribution >= 4 is 61.2 Å². The number of pyridine rings is 1. The van der Waals surface area contributed by atoms with E-state index in [0.717, 1.165) is 36.6 Å². The average molecular weight is 727 g/mol. The molecule has 0 bridgehead atoms. The van der Waals surface area contributed by atoms with Gasteiger partial charge in [-0.1, -0.05) is 12.1 Å². The zero-order chi connectivity index (χ0) is 37.8. The topological polar surface area (TPSA) is 149 Å². The van der Waals surface area contributed by atoms with Gasteiger partial charge in [0.2, 0.25) is 0 Å². The molecule has 0 saturated heterocycles. The molecule has 0 radical (unpaired) electrons. The number of benzene rings is 4. The van der Waals surface area contributed by atoms with Crippen molar-refractivity contribution in [2.45, 2.75) is 37.8 Å². The Kier molecular flexibility index (Phi) is 8.42. The van der Waals surface area contributed by atoms with Crippen LogP contribution < -0.4 is 19.8 Å². The fourth-order valence-electron chi connectivity index (χ4n) is 7.11. The quantitative estimate of drug-likeness (QED) is 0.156. The molecule has 3 aromatic heterocycles. The Labute approximate surface area is 306 Å². The molecule has 2 saturated carbocycles. The average Bonchev–Trinajstić information content (AvgIpc) is 4.12. The first-order valence-corrected chi connectivity index (χ1v) is 17.2. The lowest BCUT2D eigenvalue weighted by Gasteiger charge is -2.25. The number of methoxy groups -OCH3 is 3. The fourth-order valence-corrected chi connectivity index (χ4v) is 7.11. The highest BCUT2D eigenvalue weighted by atomic mass is 19.1. The molecule has 54 heavy (non-hydrogen) atoms. The summed E-state index contributed by atoms with van der Waals surface area (Å²) < 4.78 is 45.8. The third-order valence-corrected chi connectivity index (χ3v) is 9.93. The van der Waals surface area contributed by atoms with Gasteiger partial charge in [-0.05, 0) is 68.1 Å². The van der Waals surface area contributed by atoms with Crippen LogP contribution >= 0.6 is 0 Å². The number of aromatic nitrogens is 3. The number of hydrogen-bond acceptors (Lipinski definition) is 8. The molecule has 2 aliphatic carbocycles. The van der Waals surface area contributed by atoms with Gasteiger partial charge in [0.15, 0.2) is 28.6 Å². The van der Waals surface area contributed by atoms with Crippen LogP contribution in [0.2, 0.25) is 0 Å². The summed E-state index contributed by atoms with van der Waals surface area (Å²) in [4.78, 5) is 34.2. The minimum atomic E-state index is -0.495. The molecule has 2 N–H and O–H groups in total. The van der Waals surface area contributed by atoms with E-state index in [1.54, 1.807) is 48.5 Å². The van der Waals surface area contributed by atoms with E-state index in [1.165, 1.54) is 39.5 Å². The van der Waals surface area contributed by atoms with E-state index < -0.39 is 17.6 Å². The number of ether oxygens (including phenoxy) is 3. The molecule has 7 aromatic rings. The van der Waals surface area contributed by atoms with Crippen molar-refractivity contribution in [2.75, 3.05) is 26.2 Å². The zero-order valence-electron chi connectivity index (χ0n) is 29.4. The summed E-state index contributed by atoms with van der Waals surface area (Å²) in [5, 5.41) is 20.7. The van der Waals surface area contributed by atoms with E-state index in [-0.39, 0.29) is 29.0 Å². The second-order valence-electron chi connectivity index (χ2n) is 13.3. The molecule has 0 spiro atoms. The number of fused-ring (bicyclic) bond motifs is 5. The van der Waals surface area contributed by atoms with Crippen LogP contribution in [-0.4, -0.2) is 47.9 Å². The number of aromatic amines is 2. The molecule has 0 aliphatic heterocycles. The van der Waals surface area contributed by atoms with Gasteiger partial charge in [-0.15, -0.1) is 0 Å². The normalized spacial score (nSPS) is 13.7. The second kappa shape index (κ2) is 13.3. The van der Waals surface area contributed by atoms with E-state index >= 15 is 0 Å². The summed E-state index contributed by atoms with van der Waals surface area (Å²) in [6.07, 6.45) is 3.82. The number of H-pyrrole nitrogens is 2. The first-order valence-electron chi connectivity index (χ1n) is 17.2. The maximum Gasteiger partial charge on any atom is 0.342 e. The van der Waals surface area contributed by atoms with Crippen molar-refractivity contribution in [3.8, 4) is 23.6 Å².